The quantitative estimate of drug-likeness (QED) is 0.713. The van der Waals surface area contributed by atoms with Crippen molar-refractivity contribution in [2.45, 2.75) is 20.8 Å². The fourth-order valence-corrected chi connectivity index (χ4v) is 2.44. The van der Waals surface area contributed by atoms with Crippen LogP contribution in [0.1, 0.15) is 35.3 Å². The van der Waals surface area contributed by atoms with E-state index in [4.69, 9.17) is 4.74 Å². The van der Waals surface area contributed by atoms with Crippen LogP contribution in [0.4, 0.5) is 4.39 Å². The highest BCUT2D eigenvalue weighted by Gasteiger charge is 2.14. The van der Waals surface area contributed by atoms with Gasteiger partial charge in [0.05, 0.1) is 7.11 Å². The molecular formula is C17H18BrFO2. The first kappa shape index (κ1) is 17.4. The highest BCUT2D eigenvalue weighted by molar-refractivity contribution is 9.10. The van der Waals surface area contributed by atoms with E-state index in [1.807, 2.05) is 32.9 Å². The van der Waals surface area contributed by atoms with E-state index in [0.717, 1.165) is 5.56 Å². The Hall–Kier alpha value is -1.68. The third-order valence-electron chi connectivity index (χ3n) is 2.78. The predicted octanol–water partition coefficient (Wildman–Crippen LogP) is 5.16. The molecule has 112 valence electrons. The van der Waals surface area contributed by atoms with Crippen molar-refractivity contribution >= 4 is 21.7 Å². The molecule has 0 aliphatic rings. The van der Waals surface area contributed by atoms with Crippen LogP contribution in [0.25, 0.3) is 0 Å². The van der Waals surface area contributed by atoms with Crippen molar-refractivity contribution < 1.29 is 13.9 Å². The Kier molecular flexibility index (Phi) is 6.56. The number of hydrogen-bond donors (Lipinski definition) is 0. The molecular weight excluding hydrogens is 335 g/mol. The Bertz CT molecular complexity index is 639. The molecule has 0 aliphatic heterocycles. The lowest BCUT2D eigenvalue weighted by Crippen LogP contribution is -2.03. The third kappa shape index (κ3) is 4.14. The molecule has 2 rings (SSSR count). The smallest absolute Gasteiger partial charge is 0.194 e. The molecule has 0 spiro atoms. The first-order chi connectivity index (χ1) is 10.0. The average Bonchev–Trinajstić information content (AvgIpc) is 2.48. The fraction of sp³-hybridized carbons (Fsp3) is 0.235. The van der Waals surface area contributed by atoms with Gasteiger partial charge in [0.1, 0.15) is 0 Å². The zero-order valence-corrected chi connectivity index (χ0v) is 14.1. The van der Waals surface area contributed by atoms with E-state index in [1.165, 1.54) is 19.2 Å². The summed E-state index contributed by atoms with van der Waals surface area (Å²) in [4.78, 5) is 12.3. The van der Waals surface area contributed by atoms with E-state index in [0.29, 0.717) is 15.6 Å². The molecule has 0 bridgehead atoms. The van der Waals surface area contributed by atoms with E-state index < -0.39 is 5.82 Å². The lowest BCUT2D eigenvalue weighted by molar-refractivity contribution is 0.103. The van der Waals surface area contributed by atoms with Crippen LogP contribution in [-0.2, 0) is 0 Å². The van der Waals surface area contributed by atoms with E-state index in [9.17, 15) is 9.18 Å². The standard InChI is InChI=1S/C15H12BrFO2.C2H6/c1-9-3-5-11(12(16)7-9)15(18)10-4-6-14(19-2)13(17)8-10;1-2/h3-8H,1-2H3;1-2H3. The van der Waals surface area contributed by atoms with Crippen LogP contribution in [0.5, 0.6) is 5.75 Å². The average molecular weight is 353 g/mol. The summed E-state index contributed by atoms with van der Waals surface area (Å²) >= 11 is 3.35. The number of ketones is 1. The molecule has 0 heterocycles. The Morgan fingerprint density at radius 1 is 1.14 bits per heavy atom. The van der Waals surface area contributed by atoms with Crippen LogP contribution in [0, 0.1) is 12.7 Å². The maximum atomic E-state index is 13.6. The van der Waals surface area contributed by atoms with Crippen molar-refractivity contribution in [3.8, 4) is 5.75 Å². The highest BCUT2D eigenvalue weighted by atomic mass is 79.9. The molecule has 0 fully saturated rings. The molecule has 0 atom stereocenters. The summed E-state index contributed by atoms with van der Waals surface area (Å²) in [6.07, 6.45) is 0. The molecule has 0 unspecified atom stereocenters. The van der Waals surface area contributed by atoms with E-state index in [2.05, 4.69) is 15.9 Å². The van der Waals surface area contributed by atoms with Crippen molar-refractivity contribution in [3.05, 3.63) is 63.4 Å². The molecule has 0 aromatic heterocycles. The summed E-state index contributed by atoms with van der Waals surface area (Å²) in [5.74, 6) is -0.649. The second-order valence-electron chi connectivity index (χ2n) is 4.16. The zero-order valence-electron chi connectivity index (χ0n) is 12.5. The van der Waals surface area contributed by atoms with Gasteiger partial charge in [-0.1, -0.05) is 35.8 Å². The van der Waals surface area contributed by atoms with Crippen molar-refractivity contribution in [1.29, 1.82) is 0 Å². The molecule has 0 N–H and O–H groups in total. The molecule has 0 radical (unpaired) electrons. The molecule has 0 saturated carbocycles. The van der Waals surface area contributed by atoms with Crippen molar-refractivity contribution in [2.75, 3.05) is 7.11 Å². The van der Waals surface area contributed by atoms with Crippen LogP contribution in [-0.4, -0.2) is 12.9 Å². The van der Waals surface area contributed by atoms with Crippen LogP contribution >= 0.6 is 15.9 Å². The van der Waals surface area contributed by atoms with Gasteiger partial charge in [0.2, 0.25) is 0 Å². The number of carbonyl (C=O) groups is 1. The minimum absolute atomic E-state index is 0.125. The van der Waals surface area contributed by atoms with Crippen LogP contribution in [0.2, 0.25) is 0 Å². The zero-order chi connectivity index (χ0) is 16.0. The molecule has 4 heteroatoms. The number of halogens is 2. The second-order valence-corrected chi connectivity index (χ2v) is 5.02. The number of hydrogen-bond acceptors (Lipinski definition) is 2. The first-order valence-electron chi connectivity index (χ1n) is 6.67. The van der Waals surface area contributed by atoms with Gasteiger partial charge in [-0.3, -0.25) is 4.79 Å². The van der Waals surface area contributed by atoms with Crippen LogP contribution < -0.4 is 4.74 Å². The molecule has 2 nitrogen and oxygen atoms in total. The number of ether oxygens (including phenoxy) is 1. The largest absolute Gasteiger partial charge is 0.494 e. The molecule has 2 aromatic carbocycles. The van der Waals surface area contributed by atoms with Gasteiger partial charge >= 0.3 is 0 Å². The number of carbonyl (C=O) groups excluding carboxylic acids is 1. The Morgan fingerprint density at radius 2 is 1.81 bits per heavy atom. The SMILES string of the molecule is CC.COc1ccc(C(=O)c2ccc(C)cc2Br)cc1F. The minimum atomic E-state index is -0.545. The van der Waals surface area contributed by atoms with Crippen molar-refractivity contribution in [2.24, 2.45) is 0 Å². The highest BCUT2D eigenvalue weighted by Crippen LogP contribution is 2.24. The molecule has 2 aromatic rings. The number of benzene rings is 2. The summed E-state index contributed by atoms with van der Waals surface area (Å²) < 4.78 is 19.1. The van der Waals surface area contributed by atoms with Gasteiger partial charge in [0.15, 0.2) is 17.3 Å². The van der Waals surface area contributed by atoms with Crippen LogP contribution in [0.3, 0.4) is 0 Å². The second kappa shape index (κ2) is 7.93. The maximum absolute atomic E-state index is 13.6. The van der Waals surface area contributed by atoms with Gasteiger partial charge < -0.3 is 4.74 Å². The van der Waals surface area contributed by atoms with E-state index >= 15 is 0 Å². The number of methoxy groups -OCH3 is 1. The van der Waals surface area contributed by atoms with Gasteiger partial charge in [0, 0.05) is 15.6 Å². The summed E-state index contributed by atoms with van der Waals surface area (Å²) in [6, 6.07) is 9.61. The van der Waals surface area contributed by atoms with Gasteiger partial charge in [-0.15, -0.1) is 0 Å². The van der Waals surface area contributed by atoms with E-state index in [-0.39, 0.29) is 11.5 Å². The first-order valence-corrected chi connectivity index (χ1v) is 7.46. The van der Waals surface area contributed by atoms with Crippen LogP contribution in [0.15, 0.2) is 40.9 Å². The Labute approximate surface area is 133 Å². The Balaban J connectivity index is 0.00000106. The molecule has 0 aliphatic carbocycles. The lowest BCUT2D eigenvalue weighted by atomic mass is 10.0. The van der Waals surface area contributed by atoms with Gasteiger partial charge in [0.25, 0.3) is 0 Å². The summed E-state index contributed by atoms with van der Waals surface area (Å²) in [6.45, 7) is 5.94. The predicted molar refractivity (Wildman–Crippen MR) is 86.6 cm³/mol. The van der Waals surface area contributed by atoms with Gasteiger partial charge in [-0.2, -0.15) is 0 Å². The Morgan fingerprint density at radius 3 is 2.33 bits per heavy atom. The maximum Gasteiger partial charge on any atom is 0.194 e. The third-order valence-corrected chi connectivity index (χ3v) is 3.44. The number of rotatable bonds is 3. The van der Waals surface area contributed by atoms with Crippen molar-refractivity contribution in [1.82, 2.24) is 0 Å². The summed E-state index contributed by atoms with van der Waals surface area (Å²) in [5, 5.41) is 0. The topological polar surface area (TPSA) is 26.3 Å². The normalized spacial score (nSPS) is 9.62. The fourth-order valence-electron chi connectivity index (χ4n) is 1.77. The van der Waals surface area contributed by atoms with E-state index in [1.54, 1.807) is 12.1 Å². The lowest BCUT2D eigenvalue weighted by Gasteiger charge is -2.07. The summed E-state index contributed by atoms with van der Waals surface area (Å²) in [7, 11) is 1.39. The monoisotopic (exact) mass is 352 g/mol. The molecule has 0 amide bonds. The van der Waals surface area contributed by atoms with Gasteiger partial charge in [-0.05, 0) is 42.8 Å². The minimum Gasteiger partial charge on any atom is -0.494 e. The molecule has 0 saturated heterocycles. The molecule has 21 heavy (non-hydrogen) atoms. The summed E-state index contributed by atoms with van der Waals surface area (Å²) in [5.41, 5.74) is 1.85. The van der Waals surface area contributed by atoms with Crippen molar-refractivity contribution in [3.63, 3.8) is 0 Å². The number of aryl methyl sites for hydroxylation is 1. The van der Waals surface area contributed by atoms with Gasteiger partial charge in [-0.25, -0.2) is 4.39 Å².